The topological polar surface area (TPSA) is 62.3 Å². The van der Waals surface area contributed by atoms with E-state index in [0.29, 0.717) is 6.54 Å². The van der Waals surface area contributed by atoms with Crippen molar-refractivity contribution < 1.29 is 8.42 Å². The van der Waals surface area contributed by atoms with Crippen molar-refractivity contribution >= 4 is 10.0 Å². The third kappa shape index (κ3) is 5.12. The number of hydrogen-bond acceptors (Lipinski definition) is 4. The van der Waals surface area contributed by atoms with Crippen molar-refractivity contribution in [1.29, 1.82) is 0 Å². The molecule has 0 saturated heterocycles. The average Bonchev–Trinajstić information content (AvgIpc) is 2.62. The monoisotopic (exact) mass is 347 g/mol. The molecule has 1 atom stereocenters. The third-order valence-electron chi connectivity index (χ3n) is 4.10. The second kappa shape index (κ2) is 8.92. The number of nitrogens with one attached hydrogen (secondary N) is 1. The first-order valence-corrected chi connectivity index (χ1v) is 9.72. The lowest BCUT2D eigenvalue weighted by atomic mass is 10.0. The fraction of sp³-hybridized carbons (Fsp3) is 0.389. The Kier molecular flexibility index (Phi) is 6.90. The van der Waals surface area contributed by atoms with Gasteiger partial charge in [-0.1, -0.05) is 44.2 Å². The Hall–Kier alpha value is -1.76. The van der Waals surface area contributed by atoms with Crippen molar-refractivity contribution in [3.05, 3.63) is 60.4 Å². The van der Waals surface area contributed by atoms with Crippen LogP contribution in [0.25, 0.3) is 0 Å². The molecule has 1 aromatic carbocycles. The standard InChI is InChI=1S/C18H25N3O2S/c1-3-21(4-2)17(13-16-9-6-5-7-10-16)14-20-24(22,23)18-11-8-12-19-15-18/h5-12,15,17,20H,3-4,13-14H2,1-2H3/t17-/m1/s1. The van der Waals surface area contributed by atoms with Gasteiger partial charge in [-0.25, -0.2) is 13.1 Å². The molecule has 0 radical (unpaired) electrons. The number of sulfonamides is 1. The van der Waals surface area contributed by atoms with E-state index in [1.54, 1.807) is 18.3 Å². The first kappa shape index (κ1) is 18.6. The maximum Gasteiger partial charge on any atom is 0.242 e. The first-order chi connectivity index (χ1) is 11.6. The molecule has 0 fully saturated rings. The van der Waals surface area contributed by atoms with Crippen LogP contribution in [0.15, 0.2) is 59.8 Å². The number of pyridine rings is 1. The van der Waals surface area contributed by atoms with Gasteiger partial charge in [0.05, 0.1) is 0 Å². The molecular formula is C18H25N3O2S. The van der Waals surface area contributed by atoms with E-state index < -0.39 is 10.0 Å². The number of hydrogen-bond donors (Lipinski definition) is 1. The largest absolute Gasteiger partial charge is 0.299 e. The summed E-state index contributed by atoms with van der Waals surface area (Å²) < 4.78 is 27.6. The number of nitrogens with zero attached hydrogens (tertiary/aromatic N) is 2. The van der Waals surface area contributed by atoms with Gasteiger partial charge in [-0.15, -0.1) is 0 Å². The van der Waals surface area contributed by atoms with Crippen LogP contribution < -0.4 is 4.72 Å². The van der Waals surface area contributed by atoms with Crippen LogP contribution in [0.2, 0.25) is 0 Å². The molecule has 5 nitrogen and oxygen atoms in total. The highest BCUT2D eigenvalue weighted by Gasteiger charge is 2.20. The fourth-order valence-electron chi connectivity index (χ4n) is 2.75. The van der Waals surface area contributed by atoms with Gasteiger partial charge in [0.25, 0.3) is 0 Å². The van der Waals surface area contributed by atoms with Crippen molar-refractivity contribution in [2.24, 2.45) is 0 Å². The lowest BCUT2D eigenvalue weighted by molar-refractivity contribution is 0.216. The minimum atomic E-state index is -3.54. The molecule has 0 unspecified atom stereocenters. The first-order valence-electron chi connectivity index (χ1n) is 8.24. The number of rotatable bonds is 9. The predicted molar refractivity (Wildman–Crippen MR) is 96.3 cm³/mol. The normalized spacial score (nSPS) is 13.1. The maximum absolute atomic E-state index is 12.4. The molecule has 6 heteroatoms. The lowest BCUT2D eigenvalue weighted by Gasteiger charge is -2.30. The molecule has 2 aromatic rings. The minimum Gasteiger partial charge on any atom is -0.299 e. The van der Waals surface area contributed by atoms with Crippen LogP contribution >= 0.6 is 0 Å². The summed E-state index contributed by atoms with van der Waals surface area (Å²) in [7, 11) is -3.54. The summed E-state index contributed by atoms with van der Waals surface area (Å²) in [4.78, 5) is 6.36. The molecule has 2 rings (SSSR count). The molecule has 1 heterocycles. The Bertz CT molecular complexity index is 702. The molecule has 0 spiro atoms. The van der Waals surface area contributed by atoms with E-state index in [2.05, 4.69) is 40.6 Å². The number of aromatic nitrogens is 1. The summed E-state index contributed by atoms with van der Waals surface area (Å²) in [6.07, 6.45) is 3.73. The lowest BCUT2D eigenvalue weighted by Crippen LogP contribution is -2.45. The highest BCUT2D eigenvalue weighted by atomic mass is 32.2. The minimum absolute atomic E-state index is 0.105. The molecule has 0 aliphatic rings. The van der Waals surface area contributed by atoms with Gasteiger partial charge < -0.3 is 0 Å². The molecule has 0 amide bonds. The summed E-state index contributed by atoms with van der Waals surface area (Å²) in [5, 5.41) is 0. The quantitative estimate of drug-likeness (QED) is 0.756. The molecule has 24 heavy (non-hydrogen) atoms. The van der Waals surface area contributed by atoms with E-state index in [1.165, 1.54) is 11.8 Å². The van der Waals surface area contributed by atoms with Gasteiger partial charge in [-0.3, -0.25) is 9.88 Å². The molecule has 1 N–H and O–H groups in total. The molecule has 0 aliphatic heterocycles. The summed E-state index contributed by atoms with van der Waals surface area (Å²) in [6.45, 7) is 6.31. The van der Waals surface area contributed by atoms with Crippen LogP contribution in [0.4, 0.5) is 0 Å². The number of likely N-dealkylation sites (N-methyl/N-ethyl adjacent to an activating group) is 1. The third-order valence-corrected chi connectivity index (χ3v) is 5.51. The Labute approximate surface area is 144 Å². The van der Waals surface area contributed by atoms with Gasteiger partial charge in [0.1, 0.15) is 4.90 Å². The Morgan fingerprint density at radius 3 is 2.38 bits per heavy atom. The summed E-state index contributed by atoms with van der Waals surface area (Å²) in [6, 6.07) is 13.4. The van der Waals surface area contributed by atoms with Crippen LogP contribution in [0.5, 0.6) is 0 Å². The highest BCUT2D eigenvalue weighted by Crippen LogP contribution is 2.11. The van der Waals surface area contributed by atoms with Crippen molar-refractivity contribution in [3.8, 4) is 0 Å². The van der Waals surface area contributed by atoms with E-state index in [9.17, 15) is 8.42 Å². The van der Waals surface area contributed by atoms with Gasteiger partial charge in [-0.2, -0.15) is 0 Å². The van der Waals surface area contributed by atoms with Crippen LogP contribution in [-0.4, -0.2) is 44.0 Å². The van der Waals surface area contributed by atoms with Gasteiger partial charge in [0.15, 0.2) is 0 Å². The zero-order chi connectivity index (χ0) is 17.4. The Morgan fingerprint density at radius 2 is 1.79 bits per heavy atom. The Balaban J connectivity index is 2.10. The molecule has 0 aliphatic carbocycles. The van der Waals surface area contributed by atoms with E-state index in [0.717, 1.165) is 19.5 Å². The van der Waals surface area contributed by atoms with Gasteiger partial charge in [0.2, 0.25) is 10.0 Å². The maximum atomic E-state index is 12.4. The van der Waals surface area contributed by atoms with Gasteiger partial charge in [-0.05, 0) is 37.2 Å². The summed E-state index contributed by atoms with van der Waals surface area (Å²) in [5.74, 6) is 0. The second-order valence-corrected chi connectivity index (χ2v) is 7.37. The van der Waals surface area contributed by atoms with Crippen molar-refractivity contribution in [2.45, 2.75) is 31.2 Å². The van der Waals surface area contributed by atoms with E-state index in [-0.39, 0.29) is 10.9 Å². The van der Waals surface area contributed by atoms with Crippen LogP contribution in [-0.2, 0) is 16.4 Å². The fourth-order valence-corrected chi connectivity index (χ4v) is 3.79. The van der Waals surface area contributed by atoms with Gasteiger partial charge >= 0.3 is 0 Å². The zero-order valence-corrected chi connectivity index (χ0v) is 15.0. The van der Waals surface area contributed by atoms with Crippen LogP contribution in [0.3, 0.4) is 0 Å². The van der Waals surface area contributed by atoms with E-state index in [1.807, 2.05) is 18.2 Å². The molecule has 0 bridgehead atoms. The molecular weight excluding hydrogens is 322 g/mol. The summed E-state index contributed by atoms with van der Waals surface area (Å²) >= 11 is 0. The van der Waals surface area contributed by atoms with Crippen molar-refractivity contribution in [2.75, 3.05) is 19.6 Å². The van der Waals surface area contributed by atoms with Gasteiger partial charge in [0, 0.05) is 25.0 Å². The van der Waals surface area contributed by atoms with Crippen molar-refractivity contribution in [1.82, 2.24) is 14.6 Å². The van der Waals surface area contributed by atoms with Crippen molar-refractivity contribution in [3.63, 3.8) is 0 Å². The Morgan fingerprint density at radius 1 is 1.08 bits per heavy atom. The van der Waals surface area contributed by atoms with E-state index >= 15 is 0 Å². The van der Waals surface area contributed by atoms with Crippen LogP contribution in [0.1, 0.15) is 19.4 Å². The zero-order valence-electron chi connectivity index (χ0n) is 14.2. The second-order valence-electron chi connectivity index (χ2n) is 5.61. The van der Waals surface area contributed by atoms with E-state index in [4.69, 9.17) is 0 Å². The SMILES string of the molecule is CCN(CC)[C@@H](CNS(=O)(=O)c1cccnc1)Cc1ccccc1. The molecule has 1 aromatic heterocycles. The number of benzene rings is 1. The predicted octanol–water partition coefficient (Wildman–Crippen LogP) is 2.31. The highest BCUT2D eigenvalue weighted by molar-refractivity contribution is 7.89. The smallest absolute Gasteiger partial charge is 0.242 e. The average molecular weight is 347 g/mol. The molecule has 130 valence electrons. The summed E-state index contributed by atoms with van der Waals surface area (Å²) in [5.41, 5.74) is 1.20. The molecule has 0 saturated carbocycles. The van der Waals surface area contributed by atoms with Crippen LogP contribution in [0, 0.1) is 0 Å².